The number of halogens is 4. The summed E-state index contributed by atoms with van der Waals surface area (Å²) in [5.74, 6) is -0.0503. The number of ether oxygens (including phenoxy) is 2. The molecule has 212 valence electrons. The predicted octanol–water partition coefficient (Wildman–Crippen LogP) is 5.95. The van der Waals surface area contributed by atoms with Gasteiger partial charge in [0.05, 0.1) is 39.1 Å². The number of hydrogen-bond acceptors (Lipinski definition) is 7. The van der Waals surface area contributed by atoms with Gasteiger partial charge in [0, 0.05) is 28.4 Å². The van der Waals surface area contributed by atoms with Crippen LogP contribution in [0.4, 0.5) is 4.79 Å². The number of fused-ring (bicyclic) bond motifs is 6. The molecule has 0 bridgehead atoms. The Morgan fingerprint density at radius 3 is 2.46 bits per heavy atom. The highest BCUT2D eigenvalue weighted by atomic mass is 35.5. The number of Topliss-reactive ketones (excluding diaryl/α,β-unsaturated/α-hetero) is 1. The van der Waals surface area contributed by atoms with Gasteiger partial charge >= 0.3 is 12.0 Å². The van der Waals surface area contributed by atoms with Crippen LogP contribution in [-0.2, 0) is 30.1 Å². The van der Waals surface area contributed by atoms with Crippen molar-refractivity contribution in [3.63, 3.8) is 0 Å². The number of benzene rings is 2. The standard InChI is InChI=1S/C17H12Cl2O3S.C11H8Cl2N2O3/c18-10-7-11(19)16-14(15(10)21)17(8-13(20)22-16)5-6-23-12-4-2-1-3-9(12)17;12-6-3-5-8(4-7(6)13)18-2-1-11(5)9(16)14-10(17)15-11/h1-4,7,14H,5-6,8H2;3-4H,1-2H2,(H2,14,15,16,17). The number of urea groups is 1. The molecule has 3 atom stereocenters. The molecule has 0 aromatic heterocycles. The molecule has 2 aromatic rings. The first-order chi connectivity index (χ1) is 19.6. The normalized spacial score (nSPS) is 27.9. The molecular formula is C28H20Cl4N2O6S. The predicted molar refractivity (Wildman–Crippen MR) is 154 cm³/mol. The molecule has 4 aliphatic heterocycles. The third kappa shape index (κ3) is 4.62. The quantitative estimate of drug-likeness (QED) is 0.267. The molecule has 2 N–H and O–H groups in total. The van der Waals surface area contributed by atoms with E-state index in [9.17, 15) is 19.2 Å². The van der Waals surface area contributed by atoms with Crippen molar-refractivity contribution in [1.82, 2.24) is 10.6 Å². The first-order valence-electron chi connectivity index (χ1n) is 12.6. The van der Waals surface area contributed by atoms with Crippen LogP contribution >= 0.6 is 58.2 Å². The first-order valence-corrected chi connectivity index (χ1v) is 15.1. The van der Waals surface area contributed by atoms with Crippen LogP contribution in [0.15, 0.2) is 63.2 Å². The highest BCUT2D eigenvalue weighted by Gasteiger charge is 2.56. The van der Waals surface area contributed by atoms with Crippen LogP contribution in [0.2, 0.25) is 10.0 Å². The molecule has 0 saturated carbocycles. The van der Waals surface area contributed by atoms with Gasteiger partial charge in [0.1, 0.15) is 11.5 Å². The minimum atomic E-state index is -1.10. The lowest BCUT2D eigenvalue weighted by atomic mass is 9.62. The Balaban J connectivity index is 0.000000152. The number of nitrogens with one attached hydrogen (secondary N) is 2. The molecule has 7 rings (SSSR count). The molecule has 8 nitrogen and oxygen atoms in total. The maximum absolute atomic E-state index is 12.8. The molecular weight excluding hydrogens is 634 g/mol. The van der Waals surface area contributed by atoms with Crippen molar-refractivity contribution in [1.29, 1.82) is 0 Å². The smallest absolute Gasteiger partial charge is 0.322 e. The van der Waals surface area contributed by atoms with E-state index in [2.05, 4.69) is 10.6 Å². The van der Waals surface area contributed by atoms with Gasteiger partial charge in [0.25, 0.3) is 5.91 Å². The molecule has 0 radical (unpaired) electrons. The molecule has 41 heavy (non-hydrogen) atoms. The third-order valence-electron chi connectivity index (χ3n) is 7.87. The maximum Gasteiger partial charge on any atom is 0.322 e. The third-order valence-corrected chi connectivity index (χ3v) is 10.3. The Bertz CT molecular complexity index is 1610. The number of carbonyl (C=O) groups is 4. The lowest BCUT2D eigenvalue weighted by Gasteiger charge is -2.47. The fourth-order valence-electron chi connectivity index (χ4n) is 6.03. The van der Waals surface area contributed by atoms with Crippen molar-refractivity contribution in [2.45, 2.75) is 35.1 Å². The van der Waals surface area contributed by atoms with E-state index in [1.807, 2.05) is 24.3 Å². The molecule has 13 heteroatoms. The monoisotopic (exact) mass is 652 g/mol. The van der Waals surface area contributed by atoms with Crippen molar-refractivity contribution in [2.75, 3.05) is 12.4 Å². The molecule has 2 saturated heterocycles. The van der Waals surface area contributed by atoms with Crippen LogP contribution < -0.4 is 15.4 Å². The summed E-state index contributed by atoms with van der Waals surface area (Å²) >= 11 is 25.9. The van der Waals surface area contributed by atoms with E-state index >= 15 is 0 Å². The number of esters is 1. The Kier molecular flexibility index (Phi) is 7.31. The van der Waals surface area contributed by atoms with E-state index in [0.717, 1.165) is 16.2 Å². The summed E-state index contributed by atoms with van der Waals surface area (Å²) in [5, 5.41) is 5.86. The van der Waals surface area contributed by atoms with Crippen LogP contribution in [0, 0.1) is 5.92 Å². The van der Waals surface area contributed by atoms with Crippen molar-refractivity contribution in [3.05, 3.63) is 79.5 Å². The van der Waals surface area contributed by atoms with Gasteiger partial charge in [-0.05, 0) is 35.9 Å². The minimum absolute atomic E-state index is 0.0942. The van der Waals surface area contributed by atoms with Gasteiger partial charge < -0.3 is 14.8 Å². The number of imide groups is 1. The highest BCUT2D eigenvalue weighted by molar-refractivity contribution is 7.99. The lowest BCUT2D eigenvalue weighted by molar-refractivity contribution is -0.149. The van der Waals surface area contributed by atoms with Gasteiger partial charge in [0.2, 0.25) is 0 Å². The summed E-state index contributed by atoms with van der Waals surface area (Å²) in [6.45, 7) is 0.318. The largest absolute Gasteiger partial charge is 0.493 e. The number of rotatable bonds is 0. The summed E-state index contributed by atoms with van der Waals surface area (Å²) in [6, 6.07) is 10.5. The van der Waals surface area contributed by atoms with Crippen molar-refractivity contribution >= 4 is 81.9 Å². The minimum Gasteiger partial charge on any atom is -0.493 e. The number of hydrogen-bond donors (Lipinski definition) is 2. The van der Waals surface area contributed by atoms with Crippen LogP contribution in [0.1, 0.15) is 30.4 Å². The Labute approximate surface area is 258 Å². The Morgan fingerprint density at radius 2 is 1.71 bits per heavy atom. The van der Waals surface area contributed by atoms with Gasteiger partial charge in [0.15, 0.2) is 11.3 Å². The van der Waals surface area contributed by atoms with Crippen molar-refractivity contribution in [2.24, 2.45) is 5.92 Å². The average Bonchev–Trinajstić information content (AvgIpc) is 3.21. The summed E-state index contributed by atoms with van der Waals surface area (Å²) in [7, 11) is 0. The summed E-state index contributed by atoms with van der Waals surface area (Å²) in [4.78, 5) is 49.5. The second-order valence-corrected chi connectivity index (χ2v) is 12.8. The Hall–Kier alpha value is -2.69. The second kappa shape index (κ2) is 10.5. The fourth-order valence-corrected chi connectivity index (χ4v) is 8.16. The summed E-state index contributed by atoms with van der Waals surface area (Å²) in [5.41, 5.74) is -0.178. The number of ketones is 1. The summed E-state index contributed by atoms with van der Waals surface area (Å²) < 4.78 is 10.8. The molecule has 1 aliphatic carbocycles. The van der Waals surface area contributed by atoms with Gasteiger partial charge in [-0.3, -0.25) is 19.7 Å². The maximum atomic E-state index is 12.8. The van der Waals surface area contributed by atoms with Gasteiger partial charge in [-0.1, -0.05) is 64.6 Å². The molecule has 3 unspecified atom stereocenters. The van der Waals surface area contributed by atoms with Gasteiger partial charge in [-0.15, -0.1) is 11.8 Å². The van der Waals surface area contributed by atoms with Crippen LogP contribution in [0.5, 0.6) is 5.75 Å². The first kappa shape index (κ1) is 28.4. The molecule has 2 spiro atoms. The second-order valence-electron chi connectivity index (χ2n) is 10.1. The zero-order valence-electron chi connectivity index (χ0n) is 21.0. The zero-order chi connectivity index (χ0) is 29.1. The van der Waals surface area contributed by atoms with Crippen LogP contribution in [-0.4, -0.2) is 36.1 Å². The van der Waals surface area contributed by atoms with Crippen LogP contribution in [0.3, 0.4) is 0 Å². The average molecular weight is 654 g/mol. The topological polar surface area (TPSA) is 111 Å². The number of carbonyl (C=O) groups excluding carboxylic acids is 4. The number of thioether (sulfide) groups is 1. The van der Waals surface area contributed by atoms with E-state index in [0.29, 0.717) is 40.8 Å². The van der Waals surface area contributed by atoms with E-state index in [4.69, 9.17) is 55.9 Å². The molecule has 3 amide bonds. The molecule has 2 fully saturated rings. The van der Waals surface area contributed by atoms with E-state index in [-0.39, 0.29) is 34.0 Å². The molecule has 2 aromatic carbocycles. The van der Waals surface area contributed by atoms with Gasteiger partial charge in [-0.25, -0.2) is 4.79 Å². The molecule has 4 heterocycles. The SMILES string of the molecule is O=C1CC2(CCSc3ccccc32)C2C(=O)C(Cl)=CC(Cl)=C2O1.O=C1NC(=O)C2(CCOc3cc(Cl)c(Cl)cc32)N1. The van der Waals surface area contributed by atoms with Gasteiger partial charge in [-0.2, -0.15) is 0 Å². The number of allylic oxidation sites excluding steroid dienone is 4. The summed E-state index contributed by atoms with van der Waals surface area (Å²) in [6.07, 6.45) is 2.60. The Morgan fingerprint density at radius 1 is 0.951 bits per heavy atom. The molecule has 5 aliphatic rings. The van der Waals surface area contributed by atoms with E-state index < -0.39 is 28.8 Å². The lowest BCUT2D eigenvalue weighted by Crippen LogP contribution is -2.50. The zero-order valence-corrected chi connectivity index (χ0v) is 24.9. The highest BCUT2D eigenvalue weighted by Crippen LogP contribution is 2.55. The van der Waals surface area contributed by atoms with Crippen LogP contribution in [0.25, 0.3) is 0 Å². The van der Waals surface area contributed by atoms with E-state index in [1.165, 1.54) is 6.08 Å². The number of amides is 3. The van der Waals surface area contributed by atoms with Crippen molar-refractivity contribution < 1.29 is 28.7 Å². The van der Waals surface area contributed by atoms with Crippen molar-refractivity contribution in [3.8, 4) is 5.75 Å². The van der Waals surface area contributed by atoms with E-state index in [1.54, 1.807) is 23.9 Å². The fraction of sp³-hybridized carbons (Fsp3) is 0.286.